The van der Waals surface area contributed by atoms with E-state index in [0.29, 0.717) is 18.0 Å². The first-order valence-corrected chi connectivity index (χ1v) is 5.62. The number of hydrogen-bond acceptors (Lipinski definition) is 4. The van der Waals surface area contributed by atoms with Gasteiger partial charge in [-0.1, -0.05) is 19.9 Å². The fourth-order valence-electron chi connectivity index (χ4n) is 1.42. The molecular formula is C12H23NO3. The number of aliphatic hydroxyl groups is 1. The van der Waals surface area contributed by atoms with Crippen LogP contribution in [0, 0.1) is 5.92 Å². The van der Waals surface area contributed by atoms with Gasteiger partial charge in [-0.05, 0) is 19.3 Å². The number of ether oxygens (including phenoxy) is 1. The number of aliphatic hydroxyl groups excluding tert-OH is 1. The highest BCUT2D eigenvalue weighted by molar-refractivity contribution is 5.87. The Morgan fingerprint density at radius 1 is 1.50 bits per heavy atom. The second kappa shape index (κ2) is 8.30. The third-order valence-corrected chi connectivity index (χ3v) is 2.54. The van der Waals surface area contributed by atoms with Crippen molar-refractivity contribution >= 4 is 5.97 Å². The molecule has 0 saturated heterocycles. The van der Waals surface area contributed by atoms with Crippen LogP contribution in [0.25, 0.3) is 0 Å². The molecule has 94 valence electrons. The van der Waals surface area contributed by atoms with E-state index in [-0.39, 0.29) is 18.6 Å². The average Bonchev–Trinajstić information content (AvgIpc) is 2.26. The Labute approximate surface area is 97.7 Å². The average molecular weight is 229 g/mol. The van der Waals surface area contributed by atoms with Crippen LogP contribution in [0.2, 0.25) is 0 Å². The Morgan fingerprint density at radius 2 is 2.12 bits per heavy atom. The summed E-state index contributed by atoms with van der Waals surface area (Å²) in [7, 11) is 1.37. The monoisotopic (exact) mass is 229 g/mol. The van der Waals surface area contributed by atoms with Crippen molar-refractivity contribution in [1.29, 1.82) is 0 Å². The molecule has 0 saturated carbocycles. The zero-order chi connectivity index (χ0) is 12.6. The largest absolute Gasteiger partial charge is 0.466 e. The molecule has 0 spiro atoms. The minimum atomic E-state index is -0.301. The fourth-order valence-corrected chi connectivity index (χ4v) is 1.42. The van der Waals surface area contributed by atoms with Crippen molar-refractivity contribution in [3.05, 3.63) is 11.6 Å². The summed E-state index contributed by atoms with van der Waals surface area (Å²) in [6.07, 6.45) is 2.53. The molecule has 0 rings (SSSR count). The molecule has 1 unspecified atom stereocenters. The van der Waals surface area contributed by atoms with Gasteiger partial charge in [0.15, 0.2) is 0 Å². The normalized spacial score (nSPS) is 14.0. The molecule has 1 atom stereocenters. The Morgan fingerprint density at radius 3 is 2.56 bits per heavy atom. The lowest BCUT2D eigenvalue weighted by molar-refractivity contribution is -0.136. The predicted molar refractivity (Wildman–Crippen MR) is 64.1 cm³/mol. The maximum absolute atomic E-state index is 11.1. The highest BCUT2D eigenvalue weighted by atomic mass is 16.5. The molecule has 0 aliphatic carbocycles. The summed E-state index contributed by atoms with van der Waals surface area (Å²) in [6, 6.07) is 0.270. The maximum atomic E-state index is 11.1. The topological polar surface area (TPSA) is 58.6 Å². The van der Waals surface area contributed by atoms with Gasteiger partial charge in [-0.2, -0.15) is 0 Å². The van der Waals surface area contributed by atoms with Gasteiger partial charge in [0.05, 0.1) is 7.11 Å². The Hall–Kier alpha value is -0.870. The molecule has 0 amide bonds. The second-order valence-corrected chi connectivity index (χ2v) is 4.15. The van der Waals surface area contributed by atoms with Gasteiger partial charge in [-0.15, -0.1) is 0 Å². The van der Waals surface area contributed by atoms with Crippen molar-refractivity contribution in [1.82, 2.24) is 5.32 Å². The van der Waals surface area contributed by atoms with Crippen molar-refractivity contribution in [2.24, 2.45) is 5.92 Å². The number of carbonyl (C=O) groups excluding carboxylic acids is 1. The van der Waals surface area contributed by atoms with Gasteiger partial charge in [0.1, 0.15) is 0 Å². The van der Waals surface area contributed by atoms with Crippen molar-refractivity contribution in [3.8, 4) is 0 Å². The summed E-state index contributed by atoms with van der Waals surface area (Å²) in [6.45, 7) is 6.72. The van der Waals surface area contributed by atoms with Gasteiger partial charge >= 0.3 is 5.97 Å². The summed E-state index contributed by atoms with van der Waals surface area (Å²) in [5.74, 6) is 0.157. The molecular weight excluding hydrogens is 206 g/mol. The number of hydrogen-bond donors (Lipinski definition) is 2. The van der Waals surface area contributed by atoms with Crippen LogP contribution in [0.3, 0.4) is 0 Å². The van der Waals surface area contributed by atoms with Crippen LogP contribution in [0.15, 0.2) is 11.6 Å². The third-order valence-electron chi connectivity index (χ3n) is 2.54. The summed E-state index contributed by atoms with van der Waals surface area (Å²) >= 11 is 0. The van der Waals surface area contributed by atoms with Crippen LogP contribution in [0.5, 0.6) is 0 Å². The molecule has 0 aromatic heterocycles. The summed E-state index contributed by atoms with van der Waals surface area (Å²) < 4.78 is 4.59. The molecule has 0 radical (unpaired) electrons. The highest BCUT2D eigenvalue weighted by Crippen LogP contribution is 2.05. The molecule has 0 aliphatic heterocycles. The molecule has 16 heavy (non-hydrogen) atoms. The van der Waals surface area contributed by atoms with Gasteiger partial charge in [-0.25, -0.2) is 4.79 Å². The maximum Gasteiger partial charge on any atom is 0.333 e. The molecule has 2 N–H and O–H groups in total. The van der Waals surface area contributed by atoms with Crippen LogP contribution >= 0.6 is 0 Å². The van der Waals surface area contributed by atoms with Crippen LogP contribution in [-0.4, -0.2) is 37.4 Å². The fraction of sp³-hybridized carbons (Fsp3) is 0.750. The Bertz CT molecular complexity index is 236. The number of esters is 1. The van der Waals surface area contributed by atoms with Crippen molar-refractivity contribution in [2.75, 3.05) is 20.3 Å². The molecule has 4 heteroatoms. The van der Waals surface area contributed by atoms with Crippen molar-refractivity contribution in [2.45, 2.75) is 33.2 Å². The van der Waals surface area contributed by atoms with Crippen LogP contribution in [-0.2, 0) is 9.53 Å². The smallest absolute Gasteiger partial charge is 0.333 e. The zero-order valence-electron chi connectivity index (χ0n) is 10.6. The number of methoxy groups -OCH3 is 1. The first-order valence-electron chi connectivity index (χ1n) is 5.62. The minimum Gasteiger partial charge on any atom is -0.466 e. The SMILES string of the molecule is COC(=O)C(C)=CCNC(CCO)C(C)C. The zero-order valence-corrected chi connectivity index (χ0v) is 10.6. The van der Waals surface area contributed by atoms with Gasteiger partial charge in [-0.3, -0.25) is 0 Å². The molecule has 0 fully saturated rings. The van der Waals surface area contributed by atoms with Gasteiger partial charge in [0.25, 0.3) is 0 Å². The first-order chi connectivity index (χ1) is 7.52. The van der Waals surface area contributed by atoms with Gasteiger partial charge in [0, 0.05) is 24.8 Å². The predicted octanol–water partition coefficient (Wildman–Crippen LogP) is 1.10. The summed E-state index contributed by atoms with van der Waals surface area (Å²) in [5.41, 5.74) is 0.599. The quantitative estimate of drug-likeness (QED) is 0.507. The molecule has 4 nitrogen and oxygen atoms in total. The van der Waals surface area contributed by atoms with Crippen LogP contribution in [0.1, 0.15) is 27.2 Å². The summed E-state index contributed by atoms with van der Waals surface area (Å²) in [5, 5.41) is 12.2. The number of carbonyl (C=O) groups is 1. The third kappa shape index (κ3) is 5.88. The van der Waals surface area contributed by atoms with E-state index in [4.69, 9.17) is 5.11 Å². The van der Waals surface area contributed by atoms with E-state index in [9.17, 15) is 4.79 Å². The van der Waals surface area contributed by atoms with E-state index in [1.165, 1.54) is 7.11 Å². The standard InChI is InChI=1S/C12H23NO3/c1-9(2)11(6-8-14)13-7-5-10(3)12(15)16-4/h5,9,11,13-14H,6-8H2,1-4H3. The van der Waals surface area contributed by atoms with E-state index in [1.807, 2.05) is 0 Å². The van der Waals surface area contributed by atoms with Crippen molar-refractivity contribution in [3.63, 3.8) is 0 Å². The molecule has 0 bridgehead atoms. The summed E-state index contributed by atoms with van der Waals surface area (Å²) in [4.78, 5) is 11.1. The Balaban J connectivity index is 4.06. The Kier molecular flexibility index (Phi) is 7.85. The van der Waals surface area contributed by atoms with Gasteiger partial charge < -0.3 is 15.2 Å². The van der Waals surface area contributed by atoms with Crippen molar-refractivity contribution < 1.29 is 14.6 Å². The number of nitrogens with one attached hydrogen (secondary N) is 1. The molecule has 0 heterocycles. The lowest BCUT2D eigenvalue weighted by Crippen LogP contribution is -2.35. The van der Waals surface area contributed by atoms with E-state index >= 15 is 0 Å². The van der Waals surface area contributed by atoms with Crippen LogP contribution in [0.4, 0.5) is 0 Å². The molecule has 0 aromatic carbocycles. The molecule has 0 aliphatic rings. The van der Waals surface area contributed by atoms with E-state index in [2.05, 4.69) is 23.9 Å². The van der Waals surface area contributed by atoms with Crippen LogP contribution < -0.4 is 5.32 Å². The first kappa shape index (κ1) is 15.1. The van der Waals surface area contributed by atoms with Gasteiger partial charge in [0.2, 0.25) is 0 Å². The number of rotatable bonds is 7. The van der Waals surface area contributed by atoms with E-state index in [1.54, 1.807) is 13.0 Å². The van der Waals surface area contributed by atoms with E-state index < -0.39 is 0 Å². The second-order valence-electron chi connectivity index (χ2n) is 4.15. The molecule has 0 aromatic rings. The lowest BCUT2D eigenvalue weighted by atomic mass is 10.0. The highest BCUT2D eigenvalue weighted by Gasteiger charge is 2.11. The lowest BCUT2D eigenvalue weighted by Gasteiger charge is -2.20. The minimum absolute atomic E-state index is 0.176. The van der Waals surface area contributed by atoms with E-state index in [0.717, 1.165) is 6.42 Å².